The van der Waals surface area contributed by atoms with Gasteiger partial charge >= 0.3 is 0 Å². The number of hydrogen-bond donors (Lipinski definition) is 1. The number of carbonyl (C=O) groups excluding carboxylic acids is 1. The van der Waals surface area contributed by atoms with Crippen molar-refractivity contribution < 1.29 is 4.79 Å². The molecule has 1 aliphatic carbocycles. The molecule has 0 fully saturated rings. The maximum Gasteiger partial charge on any atom is 0.227 e. The predicted molar refractivity (Wildman–Crippen MR) is 104 cm³/mol. The molecule has 130 valence electrons. The van der Waals surface area contributed by atoms with Crippen molar-refractivity contribution in [2.24, 2.45) is 5.73 Å². The highest BCUT2D eigenvalue weighted by atomic mass is 32.2. The number of rotatable bonds is 4. The smallest absolute Gasteiger partial charge is 0.227 e. The van der Waals surface area contributed by atoms with Gasteiger partial charge in [0.1, 0.15) is 10.7 Å². The molecule has 6 nitrogen and oxygen atoms in total. The molecule has 0 aliphatic heterocycles. The Morgan fingerprint density at radius 2 is 2.08 bits per heavy atom. The molecule has 3 heterocycles. The first-order valence-corrected chi connectivity index (χ1v) is 10.2. The van der Waals surface area contributed by atoms with E-state index in [9.17, 15) is 4.79 Å². The predicted octanol–water partition coefficient (Wildman–Crippen LogP) is 3.07. The maximum absolute atomic E-state index is 11.2. The fourth-order valence-electron chi connectivity index (χ4n) is 3.48. The van der Waals surface area contributed by atoms with Gasteiger partial charge in [0.05, 0.1) is 11.1 Å². The third kappa shape index (κ3) is 2.40. The molecule has 0 spiro atoms. The standard InChI is InChI=1S/C18H15N5OS2/c19-13(24)9-25-18-22-21-16-14-11-7-4-8-12(11)26-17(14)20-15(23(16)18)10-5-2-1-3-6-10/h1-3,5-6H,4,7-9H2,(H2,19,24). The Morgan fingerprint density at radius 1 is 1.23 bits per heavy atom. The summed E-state index contributed by atoms with van der Waals surface area (Å²) in [5.74, 6) is 0.581. The second-order valence-electron chi connectivity index (χ2n) is 6.24. The van der Waals surface area contributed by atoms with Gasteiger partial charge in [-0.2, -0.15) is 0 Å². The van der Waals surface area contributed by atoms with Gasteiger partial charge < -0.3 is 5.73 Å². The first kappa shape index (κ1) is 15.8. The van der Waals surface area contributed by atoms with Crippen LogP contribution in [0.15, 0.2) is 35.5 Å². The molecule has 4 aromatic rings. The highest BCUT2D eigenvalue weighted by Gasteiger charge is 2.25. The fourth-order valence-corrected chi connectivity index (χ4v) is 5.41. The normalized spacial score (nSPS) is 13.5. The van der Waals surface area contributed by atoms with Crippen LogP contribution < -0.4 is 5.73 Å². The van der Waals surface area contributed by atoms with Crippen molar-refractivity contribution in [1.82, 2.24) is 19.6 Å². The zero-order chi connectivity index (χ0) is 17.7. The van der Waals surface area contributed by atoms with E-state index in [4.69, 9.17) is 10.7 Å². The summed E-state index contributed by atoms with van der Waals surface area (Å²) in [4.78, 5) is 18.6. The number of amides is 1. The molecule has 8 heteroatoms. The Bertz CT molecular complexity index is 1150. The minimum Gasteiger partial charge on any atom is -0.369 e. The van der Waals surface area contributed by atoms with Crippen LogP contribution in [0.2, 0.25) is 0 Å². The van der Waals surface area contributed by atoms with Gasteiger partial charge in [0.15, 0.2) is 10.8 Å². The molecule has 0 atom stereocenters. The lowest BCUT2D eigenvalue weighted by Crippen LogP contribution is -2.13. The molecule has 26 heavy (non-hydrogen) atoms. The Hall–Kier alpha value is -2.45. The van der Waals surface area contributed by atoms with Crippen LogP contribution in [0.4, 0.5) is 0 Å². The van der Waals surface area contributed by atoms with Crippen molar-refractivity contribution in [2.75, 3.05) is 5.75 Å². The van der Waals surface area contributed by atoms with Crippen LogP contribution in [-0.4, -0.2) is 31.2 Å². The minimum atomic E-state index is -0.376. The molecule has 0 bridgehead atoms. The number of aryl methyl sites for hydroxylation is 2. The number of aromatic nitrogens is 4. The summed E-state index contributed by atoms with van der Waals surface area (Å²) in [5.41, 5.74) is 8.49. The van der Waals surface area contributed by atoms with E-state index in [0.29, 0.717) is 5.16 Å². The molecule has 0 unspecified atom stereocenters. The van der Waals surface area contributed by atoms with E-state index in [1.165, 1.54) is 28.6 Å². The number of nitrogens with two attached hydrogens (primary N) is 1. The summed E-state index contributed by atoms with van der Waals surface area (Å²) < 4.78 is 1.97. The largest absolute Gasteiger partial charge is 0.369 e. The SMILES string of the molecule is NC(=O)CSc1nnc2c3c4c(sc3nc(-c3ccccc3)n12)CCC4. The molecule has 1 aromatic carbocycles. The topological polar surface area (TPSA) is 86.2 Å². The highest BCUT2D eigenvalue weighted by Crippen LogP contribution is 2.40. The van der Waals surface area contributed by atoms with Crippen LogP contribution in [0, 0.1) is 0 Å². The van der Waals surface area contributed by atoms with E-state index in [2.05, 4.69) is 10.2 Å². The van der Waals surface area contributed by atoms with Crippen molar-refractivity contribution in [3.8, 4) is 11.4 Å². The van der Waals surface area contributed by atoms with Crippen LogP contribution >= 0.6 is 23.1 Å². The lowest BCUT2D eigenvalue weighted by Gasteiger charge is -2.08. The lowest BCUT2D eigenvalue weighted by atomic mass is 10.1. The molecule has 1 amide bonds. The summed E-state index contributed by atoms with van der Waals surface area (Å²) in [6, 6.07) is 10.0. The van der Waals surface area contributed by atoms with E-state index in [-0.39, 0.29) is 11.7 Å². The van der Waals surface area contributed by atoms with Crippen LogP contribution in [-0.2, 0) is 17.6 Å². The van der Waals surface area contributed by atoms with Gasteiger partial charge in [-0.25, -0.2) is 4.98 Å². The fraction of sp³-hybridized carbons (Fsp3) is 0.222. The quantitative estimate of drug-likeness (QED) is 0.549. The van der Waals surface area contributed by atoms with Gasteiger partial charge in [0, 0.05) is 10.4 Å². The first-order chi connectivity index (χ1) is 12.7. The van der Waals surface area contributed by atoms with Crippen molar-refractivity contribution in [1.29, 1.82) is 0 Å². The van der Waals surface area contributed by atoms with Gasteiger partial charge in [-0.15, -0.1) is 21.5 Å². The average Bonchev–Trinajstić information content (AvgIpc) is 3.33. The van der Waals surface area contributed by atoms with Gasteiger partial charge in [0.25, 0.3) is 0 Å². The average molecular weight is 381 g/mol. The Kier molecular flexibility index (Phi) is 3.68. The van der Waals surface area contributed by atoms with Gasteiger partial charge in [-0.1, -0.05) is 42.1 Å². The second kappa shape index (κ2) is 6.07. The molecule has 0 radical (unpaired) electrons. The third-order valence-electron chi connectivity index (χ3n) is 4.55. The van der Waals surface area contributed by atoms with Crippen molar-refractivity contribution in [2.45, 2.75) is 24.4 Å². The number of thiophene rings is 1. The maximum atomic E-state index is 11.2. The number of primary amides is 1. The van der Waals surface area contributed by atoms with Crippen molar-refractivity contribution >= 4 is 44.9 Å². The molecule has 3 aromatic heterocycles. The number of nitrogens with zero attached hydrogens (tertiary/aromatic N) is 4. The molecular weight excluding hydrogens is 366 g/mol. The lowest BCUT2D eigenvalue weighted by molar-refractivity contribution is -0.115. The van der Waals surface area contributed by atoms with E-state index in [1.807, 2.05) is 34.7 Å². The Balaban J connectivity index is 1.83. The van der Waals surface area contributed by atoms with E-state index < -0.39 is 0 Å². The summed E-state index contributed by atoms with van der Waals surface area (Å²) >= 11 is 3.06. The second-order valence-corrected chi connectivity index (χ2v) is 8.26. The number of benzene rings is 1. The van der Waals surface area contributed by atoms with Gasteiger partial charge in [0.2, 0.25) is 5.91 Å². The monoisotopic (exact) mass is 381 g/mol. The highest BCUT2D eigenvalue weighted by molar-refractivity contribution is 7.99. The number of thioether (sulfide) groups is 1. The molecule has 0 saturated carbocycles. The van der Waals surface area contributed by atoms with E-state index in [1.54, 1.807) is 11.3 Å². The van der Waals surface area contributed by atoms with Crippen LogP contribution in [0.25, 0.3) is 27.3 Å². The third-order valence-corrected chi connectivity index (χ3v) is 6.69. The van der Waals surface area contributed by atoms with Crippen molar-refractivity contribution in [3.05, 3.63) is 40.8 Å². The van der Waals surface area contributed by atoms with Crippen LogP contribution in [0.5, 0.6) is 0 Å². The molecule has 1 aliphatic rings. The summed E-state index contributed by atoms with van der Waals surface area (Å²) in [6.45, 7) is 0. The van der Waals surface area contributed by atoms with Crippen LogP contribution in [0.1, 0.15) is 16.9 Å². The summed E-state index contributed by atoms with van der Waals surface area (Å²) in [6.07, 6.45) is 3.36. The minimum absolute atomic E-state index is 0.162. The molecule has 0 saturated heterocycles. The van der Waals surface area contributed by atoms with Crippen LogP contribution in [0.3, 0.4) is 0 Å². The first-order valence-electron chi connectivity index (χ1n) is 8.38. The van der Waals surface area contributed by atoms with Gasteiger partial charge in [-0.05, 0) is 24.8 Å². The number of fused-ring (bicyclic) bond motifs is 5. The zero-order valence-corrected chi connectivity index (χ0v) is 15.4. The molecule has 5 rings (SSSR count). The van der Waals surface area contributed by atoms with Gasteiger partial charge in [-0.3, -0.25) is 9.20 Å². The number of hydrogen-bond acceptors (Lipinski definition) is 6. The Labute approximate surface area is 157 Å². The molecule has 2 N–H and O–H groups in total. The van der Waals surface area contributed by atoms with E-state index in [0.717, 1.165) is 40.1 Å². The molecular formula is C18H15N5OS2. The number of carbonyl (C=O) groups is 1. The summed E-state index contributed by atoms with van der Waals surface area (Å²) in [7, 11) is 0. The van der Waals surface area contributed by atoms with E-state index >= 15 is 0 Å². The zero-order valence-electron chi connectivity index (χ0n) is 13.8. The summed E-state index contributed by atoms with van der Waals surface area (Å²) in [5, 5.41) is 10.6. The van der Waals surface area contributed by atoms with Crippen molar-refractivity contribution in [3.63, 3.8) is 0 Å². The Morgan fingerprint density at radius 3 is 2.88 bits per heavy atom.